The van der Waals surface area contributed by atoms with Gasteiger partial charge in [0.1, 0.15) is 0 Å². The zero-order valence-electron chi connectivity index (χ0n) is 10.6. The smallest absolute Gasteiger partial charge is 0.0458 e. The van der Waals surface area contributed by atoms with Crippen LogP contribution < -0.4 is 4.90 Å². The Balaban J connectivity index is 3.21. The Labute approximate surface area is 104 Å². The summed E-state index contributed by atoms with van der Waals surface area (Å²) < 4.78 is 0. The third kappa shape index (κ3) is 3.49. The zero-order valence-corrected chi connectivity index (χ0v) is 10.6. The molecule has 0 aliphatic heterocycles. The van der Waals surface area contributed by atoms with Crippen molar-refractivity contribution in [3.63, 3.8) is 0 Å². The molecule has 0 radical (unpaired) electrons. The number of benzene rings is 1. The first-order valence-corrected chi connectivity index (χ1v) is 5.66. The first-order valence-electron chi connectivity index (χ1n) is 5.66. The van der Waals surface area contributed by atoms with Gasteiger partial charge in [-0.3, -0.25) is 0 Å². The summed E-state index contributed by atoms with van der Waals surface area (Å²) in [4.78, 5) is 2.10. The van der Waals surface area contributed by atoms with Crippen LogP contribution in [0.25, 0.3) is 0 Å². The van der Waals surface area contributed by atoms with E-state index < -0.39 is 0 Å². The van der Waals surface area contributed by atoms with Crippen molar-refractivity contribution in [2.75, 3.05) is 4.90 Å². The number of anilines is 1. The molecule has 1 rings (SSSR count). The van der Waals surface area contributed by atoms with Crippen LogP contribution in [0, 0.1) is 0 Å². The standard InChI is InChI=1S/C16H19N/c1-5-10-15(11-6-2)17(14(3)4)16-12-8-7-9-13-16/h5-13H,1,3H2,2,4H3/b11-6-,15-10+. The third-order valence-electron chi connectivity index (χ3n) is 2.28. The highest BCUT2D eigenvalue weighted by Crippen LogP contribution is 2.23. The van der Waals surface area contributed by atoms with Crippen molar-refractivity contribution in [2.24, 2.45) is 0 Å². The molecule has 0 aromatic heterocycles. The van der Waals surface area contributed by atoms with Crippen LogP contribution in [0.4, 0.5) is 5.69 Å². The largest absolute Gasteiger partial charge is 0.315 e. The highest BCUT2D eigenvalue weighted by molar-refractivity contribution is 5.59. The molecule has 0 saturated heterocycles. The lowest BCUT2D eigenvalue weighted by Crippen LogP contribution is -2.18. The maximum absolute atomic E-state index is 4.03. The summed E-state index contributed by atoms with van der Waals surface area (Å²) in [5.74, 6) is 0. The van der Waals surface area contributed by atoms with Crippen molar-refractivity contribution in [3.05, 3.63) is 79.2 Å². The predicted octanol–water partition coefficient (Wildman–Crippen LogP) is 4.67. The van der Waals surface area contributed by atoms with E-state index in [-0.39, 0.29) is 0 Å². The quantitative estimate of drug-likeness (QED) is 0.658. The summed E-state index contributed by atoms with van der Waals surface area (Å²) in [5, 5.41) is 0. The van der Waals surface area contributed by atoms with Crippen LogP contribution in [-0.4, -0.2) is 0 Å². The normalized spacial score (nSPS) is 11.5. The van der Waals surface area contributed by atoms with Crippen LogP contribution >= 0.6 is 0 Å². The first kappa shape index (κ1) is 13.0. The molecule has 17 heavy (non-hydrogen) atoms. The number of nitrogens with zero attached hydrogens (tertiary/aromatic N) is 1. The van der Waals surface area contributed by atoms with E-state index in [0.29, 0.717) is 0 Å². The lowest BCUT2D eigenvalue weighted by molar-refractivity contribution is 1.11. The summed E-state index contributed by atoms with van der Waals surface area (Å²) in [6.07, 6.45) is 7.81. The number of para-hydroxylation sites is 1. The van der Waals surface area contributed by atoms with Gasteiger partial charge < -0.3 is 4.90 Å². The fourth-order valence-corrected chi connectivity index (χ4v) is 1.66. The third-order valence-corrected chi connectivity index (χ3v) is 2.28. The molecule has 0 aliphatic rings. The molecule has 0 heterocycles. The number of allylic oxidation sites excluding steroid dienone is 5. The van der Waals surface area contributed by atoms with Crippen molar-refractivity contribution in [1.29, 1.82) is 0 Å². The van der Waals surface area contributed by atoms with Gasteiger partial charge in [-0.15, -0.1) is 0 Å². The molecule has 0 bridgehead atoms. The Hall–Kier alpha value is -2.02. The van der Waals surface area contributed by atoms with Gasteiger partial charge in [-0.2, -0.15) is 0 Å². The number of rotatable bonds is 5. The molecule has 0 unspecified atom stereocenters. The molecule has 1 aromatic carbocycles. The number of hydrogen-bond acceptors (Lipinski definition) is 1. The highest BCUT2D eigenvalue weighted by atomic mass is 15.1. The molecule has 0 N–H and O–H groups in total. The minimum absolute atomic E-state index is 0.974. The van der Waals surface area contributed by atoms with Crippen LogP contribution in [0.2, 0.25) is 0 Å². The highest BCUT2D eigenvalue weighted by Gasteiger charge is 2.09. The van der Waals surface area contributed by atoms with Gasteiger partial charge in [-0.05, 0) is 38.1 Å². The van der Waals surface area contributed by atoms with Crippen molar-refractivity contribution >= 4 is 5.69 Å². The van der Waals surface area contributed by atoms with Crippen LogP contribution in [0.15, 0.2) is 79.2 Å². The molecule has 1 heteroatoms. The van der Waals surface area contributed by atoms with Gasteiger partial charge in [0.25, 0.3) is 0 Å². The average Bonchev–Trinajstić information content (AvgIpc) is 2.31. The lowest BCUT2D eigenvalue weighted by Gasteiger charge is -2.25. The monoisotopic (exact) mass is 225 g/mol. The van der Waals surface area contributed by atoms with Crippen molar-refractivity contribution in [2.45, 2.75) is 13.8 Å². The van der Waals surface area contributed by atoms with Gasteiger partial charge in [0.05, 0.1) is 0 Å². The molecular formula is C16H19N. The zero-order chi connectivity index (χ0) is 12.7. The second kappa shape index (κ2) is 6.54. The fourth-order valence-electron chi connectivity index (χ4n) is 1.66. The van der Waals surface area contributed by atoms with Gasteiger partial charge in [0.15, 0.2) is 0 Å². The molecule has 0 spiro atoms. The van der Waals surface area contributed by atoms with Crippen LogP contribution in [-0.2, 0) is 0 Å². The molecule has 0 fully saturated rings. The number of hydrogen-bond donors (Lipinski definition) is 0. The van der Waals surface area contributed by atoms with Crippen molar-refractivity contribution < 1.29 is 0 Å². The molecule has 88 valence electrons. The van der Waals surface area contributed by atoms with E-state index in [2.05, 4.69) is 30.2 Å². The summed E-state index contributed by atoms with van der Waals surface area (Å²) in [6, 6.07) is 10.2. The molecule has 0 aliphatic carbocycles. The minimum atomic E-state index is 0.974. The molecule has 1 aromatic rings. The Morgan fingerprint density at radius 1 is 1.24 bits per heavy atom. The van der Waals surface area contributed by atoms with Crippen LogP contribution in [0.1, 0.15) is 13.8 Å². The minimum Gasteiger partial charge on any atom is -0.315 e. The van der Waals surface area contributed by atoms with Crippen LogP contribution in [0.5, 0.6) is 0 Å². The SMILES string of the molecule is C=C/C=C(\C=C/C)N(C(=C)C)c1ccccc1. The average molecular weight is 225 g/mol. The van der Waals surface area contributed by atoms with Crippen molar-refractivity contribution in [3.8, 4) is 0 Å². The maximum Gasteiger partial charge on any atom is 0.0458 e. The van der Waals surface area contributed by atoms with E-state index in [1.54, 1.807) is 6.08 Å². The summed E-state index contributed by atoms with van der Waals surface area (Å²) in [7, 11) is 0. The fraction of sp³-hybridized carbons (Fsp3) is 0.125. The first-order chi connectivity index (χ1) is 8.20. The van der Waals surface area contributed by atoms with E-state index in [1.807, 2.05) is 50.3 Å². The molecule has 0 saturated carbocycles. The molecule has 0 amide bonds. The van der Waals surface area contributed by atoms with E-state index in [1.165, 1.54) is 0 Å². The Morgan fingerprint density at radius 3 is 2.35 bits per heavy atom. The van der Waals surface area contributed by atoms with E-state index >= 15 is 0 Å². The predicted molar refractivity (Wildman–Crippen MR) is 76.8 cm³/mol. The van der Waals surface area contributed by atoms with Gasteiger partial charge in [0, 0.05) is 17.1 Å². The van der Waals surface area contributed by atoms with Gasteiger partial charge in [-0.25, -0.2) is 0 Å². The lowest BCUT2D eigenvalue weighted by atomic mass is 10.2. The van der Waals surface area contributed by atoms with Crippen molar-refractivity contribution in [1.82, 2.24) is 0 Å². The Bertz CT molecular complexity index is 438. The summed E-state index contributed by atoms with van der Waals surface area (Å²) in [5.41, 5.74) is 3.13. The topological polar surface area (TPSA) is 3.24 Å². The maximum atomic E-state index is 4.03. The van der Waals surface area contributed by atoms with Gasteiger partial charge >= 0.3 is 0 Å². The second-order valence-corrected chi connectivity index (χ2v) is 3.73. The van der Waals surface area contributed by atoms with E-state index in [0.717, 1.165) is 17.1 Å². The molecule has 1 nitrogen and oxygen atoms in total. The Morgan fingerprint density at radius 2 is 1.88 bits per heavy atom. The summed E-state index contributed by atoms with van der Waals surface area (Å²) in [6.45, 7) is 11.8. The van der Waals surface area contributed by atoms with E-state index in [4.69, 9.17) is 0 Å². The van der Waals surface area contributed by atoms with Gasteiger partial charge in [-0.1, -0.05) is 43.5 Å². The van der Waals surface area contributed by atoms with Crippen LogP contribution in [0.3, 0.4) is 0 Å². The molecular weight excluding hydrogens is 206 g/mol. The summed E-state index contributed by atoms with van der Waals surface area (Å²) >= 11 is 0. The second-order valence-electron chi connectivity index (χ2n) is 3.73. The van der Waals surface area contributed by atoms with E-state index in [9.17, 15) is 0 Å². The Kier molecular flexibility index (Phi) is 5.02. The van der Waals surface area contributed by atoms with Gasteiger partial charge in [0.2, 0.25) is 0 Å². The molecule has 0 atom stereocenters.